The maximum absolute atomic E-state index is 14.3. The lowest BCUT2D eigenvalue weighted by atomic mass is 10.0. The average Bonchev–Trinajstić information content (AvgIpc) is 3.03. The summed E-state index contributed by atoms with van der Waals surface area (Å²) in [4.78, 5) is 29.2. The number of ether oxygens (including phenoxy) is 1. The maximum atomic E-state index is 14.3. The number of rotatable bonds is 13. The molecule has 4 aromatic carbocycles. The predicted octanol–water partition coefficient (Wildman–Crippen LogP) is 5.74. The van der Waals surface area contributed by atoms with E-state index < -0.39 is 28.5 Å². The molecule has 1 atom stereocenters. The fourth-order valence-electron chi connectivity index (χ4n) is 4.75. The van der Waals surface area contributed by atoms with Crippen molar-refractivity contribution in [3.05, 3.63) is 124 Å². The molecule has 0 spiro atoms. The van der Waals surface area contributed by atoms with Gasteiger partial charge < -0.3 is 15.0 Å². The highest BCUT2D eigenvalue weighted by Crippen LogP contribution is 2.27. The van der Waals surface area contributed by atoms with Crippen LogP contribution in [0, 0.1) is 6.92 Å². The minimum Gasteiger partial charge on any atom is -0.494 e. The van der Waals surface area contributed by atoms with Crippen LogP contribution in [-0.2, 0) is 32.6 Å². The zero-order valence-electron chi connectivity index (χ0n) is 24.9. The highest BCUT2D eigenvalue weighted by Gasteiger charge is 2.34. The number of nitrogens with zero attached hydrogens (tertiary/aromatic N) is 2. The van der Waals surface area contributed by atoms with E-state index >= 15 is 0 Å². The molecule has 1 N–H and O–H groups in total. The van der Waals surface area contributed by atoms with Gasteiger partial charge in [0.25, 0.3) is 10.0 Å². The molecule has 0 aliphatic heterocycles. The second-order valence-electron chi connectivity index (χ2n) is 10.2. The fourth-order valence-corrected chi connectivity index (χ4v) is 6.43. The Balaban J connectivity index is 1.76. The lowest BCUT2D eigenvalue weighted by Crippen LogP contribution is -2.53. The van der Waals surface area contributed by atoms with E-state index in [1.807, 2.05) is 68.4 Å². The van der Waals surface area contributed by atoms with Gasteiger partial charge in [0.05, 0.1) is 17.2 Å². The average molecular weight is 679 g/mol. The lowest BCUT2D eigenvalue weighted by Gasteiger charge is -2.33. The van der Waals surface area contributed by atoms with Crippen molar-refractivity contribution in [2.75, 3.05) is 24.5 Å². The van der Waals surface area contributed by atoms with Crippen LogP contribution in [-0.4, -0.2) is 51.4 Å². The Bertz CT molecular complexity index is 1650. The van der Waals surface area contributed by atoms with Crippen molar-refractivity contribution in [2.24, 2.45) is 0 Å². The highest BCUT2D eigenvalue weighted by atomic mass is 79.9. The quantitative estimate of drug-likeness (QED) is 0.195. The molecule has 0 saturated heterocycles. The molecule has 0 fully saturated rings. The largest absolute Gasteiger partial charge is 0.494 e. The van der Waals surface area contributed by atoms with E-state index in [2.05, 4.69) is 21.2 Å². The number of benzene rings is 4. The molecule has 0 saturated carbocycles. The van der Waals surface area contributed by atoms with Crippen LogP contribution >= 0.6 is 15.9 Å². The summed E-state index contributed by atoms with van der Waals surface area (Å²) in [5.74, 6) is -0.331. The van der Waals surface area contributed by atoms with Crippen molar-refractivity contribution in [3.8, 4) is 5.75 Å². The molecule has 10 heteroatoms. The summed E-state index contributed by atoms with van der Waals surface area (Å²) in [6, 6.07) is 29.0. The molecule has 0 aliphatic carbocycles. The number of aryl methyl sites for hydroxylation is 1. The van der Waals surface area contributed by atoms with Crippen molar-refractivity contribution >= 4 is 43.5 Å². The van der Waals surface area contributed by atoms with E-state index in [0.717, 1.165) is 25.5 Å². The maximum Gasteiger partial charge on any atom is 0.264 e. The van der Waals surface area contributed by atoms with Crippen molar-refractivity contribution in [1.29, 1.82) is 0 Å². The van der Waals surface area contributed by atoms with Crippen LogP contribution in [0.5, 0.6) is 5.75 Å². The van der Waals surface area contributed by atoms with Crippen LogP contribution in [0.2, 0.25) is 0 Å². The van der Waals surface area contributed by atoms with Crippen LogP contribution in [0.25, 0.3) is 0 Å². The molecule has 0 heterocycles. The van der Waals surface area contributed by atoms with Crippen molar-refractivity contribution in [1.82, 2.24) is 10.2 Å². The summed E-state index contributed by atoms with van der Waals surface area (Å²) < 4.78 is 35.7. The van der Waals surface area contributed by atoms with Gasteiger partial charge >= 0.3 is 0 Å². The number of hydrogen-bond donors (Lipinski definition) is 1. The fraction of sp³-hybridized carbons (Fsp3) is 0.235. The highest BCUT2D eigenvalue weighted by molar-refractivity contribution is 9.10. The Hall–Kier alpha value is -4.15. The van der Waals surface area contributed by atoms with E-state index in [9.17, 15) is 18.0 Å². The standard InChI is InChI=1S/C34H36BrN3O5S/c1-4-43-30-18-20-31(21-19-30)44(41,42)38(29-16-10-25(2)11-17-29)24-33(39)37(23-27-12-14-28(35)15-13-27)32(34(40)36-3)22-26-8-6-5-7-9-26/h5-21,32H,4,22-24H2,1-3H3,(H,36,40)/t32-/m1/s1. The van der Waals surface area contributed by atoms with Crippen LogP contribution in [0.15, 0.2) is 112 Å². The Morgan fingerprint density at radius 2 is 1.50 bits per heavy atom. The van der Waals surface area contributed by atoms with Crippen molar-refractivity contribution in [2.45, 2.75) is 37.8 Å². The Morgan fingerprint density at radius 1 is 0.864 bits per heavy atom. The van der Waals surface area contributed by atoms with Crippen LogP contribution in [0.3, 0.4) is 0 Å². The first kappa shape index (κ1) is 32.8. The zero-order chi connectivity index (χ0) is 31.7. The Kier molecular flexibility index (Phi) is 11.2. The number of anilines is 1. The summed E-state index contributed by atoms with van der Waals surface area (Å²) >= 11 is 3.44. The topological polar surface area (TPSA) is 96.0 Å². The minimum atomic E-state index is -4.19. The molecular weight excluding hydrogens is 642 g/mol. The molecular formula is C34H36BrN3O5S. The van der Waals surface area contributed by atoms with Gasteiger partial charge in [0.2, 0.25) is 11.8 Å². The molecule has 0 aliphatic rings. The summed E-state index contributed by atoms with van der Waals surface area (Å²) in [6.45, 7) is 3.77. The summed E-state index contributed by atoms with van der Waals surface area (Å²) in [5.41, 5.74) is 2.94. The van der Waals surface area contributed by atoms with Gasteiger partial charge in [-0.3, -0.25) is 13.9 Å². The van der Waals surface area contributed by atoms with E-state index in [0.29, 0.717) is 18.0 Å². The summed E-state index contributed by atoms with van der Waals surface area (Å²) in [5, 5.41) is 2.69. The zero-order valence-corrected chi connectivity index (χ0v) is 27.3. The first-order chi connectivity index (χ1) is 21.1. The normalized spacial score (nSPS) is 11.8. The Labute approximate surface area is 267 Å². The van der Waals surface area contributed by atoms with Crippen molar-refractivity contribution in [3.63, 3.8) is 0 Å². The third-order valence-corrected chi connectivity index (χ3v) is 9.42. The van der Waals surface area contributed by atoms with Gasteiger partial charge in [-0.2, -0.15) is 0 Å². The molecule has 0 unspecified atom stereocenters. The first-order valence-electron chi connectivity index (χ1n) is 14.2. The van der Waals surface area contributed by atoms with Gasteiger partial charge in [0.1, 0.15) is 18.3 Å². The lowest BCUT2D eigenvalue weighted by molar-refractivity contribution is -0.139. The molecule has 0 aromatic heterocycles. The second kappa shape index (κ2) is 15.0. The molecule has 2 amide bonds. The van der Waals surface area contributed by atoms with Gasteiger partial charge in [-0.1, -0.05) is 76.1 Å². The smallest absolute Gasteiger partial charge is 0.264 e. The molecule has 0 bridgehead atoms. The van der Waals surface area contributed by atoms with Gasteiger partial charge in [-0.15, -0.1) is 0 Å². The molecule has 230 valence electrons. The van der Waals surface area contributed by atoms with Crippen molar-refractivity contribution < 1.29 is 22.7 Å². The number of amides is 2. The van der Waals surface area contributed by atoms with Gasteiger partial charge in [-0.05, 0) is 73.5 Å². The third kappa shape index (κ3) is 8.27. The number of halogens is 1. The van der Waals surface area contributed by atoms with Gasteiger partial charge in [-0.25, -0.2) is 8.42 Å². The van der Waals surface area contributed by atoms with Crippen LogP contribution < -0.4 is 14.4 Å². The van der Waals surface area contributed by atoms with E-state index in [1.165, 1.54) is 24.1 Å². The number of carbonyl (C=O) groups is 2. The number of sulfonamides is 1. The van der Waals surface area contributed by atoms with Crippen LogP contribution in [0.1, 0.15) is 23.6 Å². The number of likely N-dealkylation sites (N-methyl/N-ethyl adjacent to an activating group) is 1. The van der Waals surface area contributed by atoms with Gasteiger partial charge in [0.15, 0.2) is 0 Å². The predicted molar refractivity (Wildman–Crippen MR) is 176 cm³/mol. The molecule has 44 heavy (non-hydrogen) atoms. The van der Waals surface area contributed by atoms with E-state index in [4.69, 9.17) is 4.74 Å². The molecule has 4 aromatic rings. The molecule has 0 radical (unpaired) electrons. The van der Waals surface area contributed by atoms with Crippen LogP contribution in [0.4, 0.5) is 5.69 Å². The summed E-state index contributed by atoms with van der Waals surface area (Å²) in [7, 11) is -2.67. The number of nitrogens with one attached hydrogen (secondary N) is 1. The number of hydrogen-bond acceptors (Lipinski definition) is 5. The Morgan fingerprint density at radius 3 is 2.09 bits per heavy atom. The third-order valence-electron chi connectivity index (χ3n) is 7.11. The second-order valence-corrected chi connectivity index (χ2v) is 13.0. The minimum absolute atomic E-state index is 0.0147. The monoisotopic (exact) mass is 677 g/mol. The van der Waals surface area contributed by atoms with Gasteiger partial charge in [0, 0.05) is 24.5 Å². The molecule has 4 rings (SSSR count). The number of carbonyl (C=O) groups excluding carboxylic acids is 2. The summed E-state index contributed by atoms with van der Waals surface area (Å²) in [6.07, 6.45) is 0.249. The SMILES string of the molecule is CCOc1ccc(S(=O)(=O)N(CC(=O)N(Cc2ccc(Br)cc2)[C@H](Cc2ccccc2)C(=O)NC)c2ccc(C)cc2)cc1. The first-order valence-corrected chi connectivity index (χ1v) is 16.5. The van der Waals surface area contributed by atoms with E-state index in [-0.39, 0.29) is 23.8 Å². The van der Waals surface area contributed by atoms with E-state index in [1.54, 1.807) is 36.4 Å². The molecule has 8 nitrogen and oxygen atoms in total.